The second-order valence-electron chi connectivity index (χ2n) is 3.75. The van der Waals surface area contributed by atoms with Crippen LogP contribution < -0.4 is 10.0 Å². The third-order valence-electron chi connectivity index (χ3n) is 1.95. The molecular formula is C10H12N4O3S. The van der Waals surface area contributed by atoms with Crippen LogP contribution in [-0.4, -0.2) is 24.8 Å². The van der Waals surface area contributed by atoms with E-state index in [-0.39, 0.29) is 0 Å². The van der Waals surface area contributed by atoms with Gasteiger partial charge >= 0.3 is 0 Å². The molecule has 96 valence electrons. The third-order valence-corrected chi connectivity index (χ3v) is 2.56. The zero-order valence-electron chi connectivity index (χ0n) is 9.84. The van der Waals surface area contributed by atoms with Crippen LogP contribution in [0.3, 0.4) is 0 Å². The minimum atomic E-state index is -3.28. The number of hydrogen-bond donors (Lipinski definition) is 2. The summed E-state index contributed by atoms with van der Waals surface area (Å²) < 4.78 is 29.2. The lowest BCUT2D eigenvalue weighted by atomic mass is 10.4. The zero-order valence-corrected chi connectivity index (χ0v) is 10.7. The molecular weight excluding hydrogens is 256 g/mol. The molecule has 2 rings (SSSR count). The number of hydrogen-bond acceptors (Lipinski definition) is 6. The summed E-state index contributed by atoms with van der Waals surface area (Å²) in [5.41, 5.74) is 0.402. The molecule has 0 saturated carbocycles. The molecule has 0 aliphatic rings. The number of aryl methyl sites for hydroxylation is 1. The van der Waals surface area contributed by atoms with E-state index in [1.807, 2.05) is 0 Å². The van der Waals surface area contributed by atoms with Crippen LogP contribution in [0.4, 0.5) is 17.3 Å². The van der Waals surface area contributed by atoms with E-state index < -0.39 is 10.0 Å². The van der Waals surface area contributed by atoms with E-state index in [2.05, 4.69) is 20.2 Å². The molecule has 0 atom stereocenters. The van der Waals surface area contributed by atoms with Crippen molar-refractivity contribution in [2.45, 2.75) is 6.92 Å². The molecule has 0 spiro atoms. The molecule has 18 heavy (non-hydrogen) atoms. The molecule has 2 aromatic rings. The van der Waals surface area contributed by atoms with Crippen LogP contribution >= 0.6 is 0 Å². The SMILES string of the molecule is Cc1cc(Nc2ccc(NS(C)(=O)=O)cn2)no1. The van der Waals surface area contributed by atoms with Crippen molar-refractivity contribution in [3.63, 3.8) is 0 Å². The number of anilines is 3. The van der Waals surface area contributed by atoms with Crippen LogP contribution in [0.1, 0.15) is 5.76 Å². The fourth-order valence-electron chi connectivity index (χ4n) is 1.30. The fraction of sp³-hybridized carbons (Fsp3) is 0.200. The van der Waals surface area contributed by atoms with Crippen molar-refractivity contribution in [1.29, 1.82) is 0 Å². The van der Waals surface area contributed by atoms with Gasteiger partial charge in [0.2, 0.25) is 10.0 Å². The van der Waals surface area contributed by atoms with Gasteiger partial charge in [0, 0.05) is 6.07 Å². The summed E-state index contributed by atoms with van der Waals surface area (Å²) in [6.45, 7) is 1.78. The maximum Gasteiger partial charge on any atom is 0.229 e. The van der Waals surface area contributed by atoms with E-state index in [1.54, 1.807) is 25.1 Å². The van der Waals surface area contributed by atoms with Crippen LogP contribution in [0.25, 0.3) is 0 Å². The molecule has 0 bridgehead atoms. The van der Waals surface area contributed by atoms with Crippen molar-refractivity contribution < 1.29 is 12.9 Å². The molecule has 2 N–H and O–H groups in total. The van der Waals surface area contributed by atoms with Gasteiger partial charge in [-0.3, -0.25) is 4.72 Å². The van der Waals surface area contributed by atoms with E-state index in [0.717, 1.165) is 6.26 Å². The Kier molecular flexibility index (Phi) is 3.19. The Labute approximate surface area is 104 Å². The molecule has 0 aliphatic carbocycles. The molecule has 0 amide bonds. The predicted molar refractivity (Wildman–Crippen MR) is 67.2 cm³/mol. The summed E-state index contributed by atoms with van der Waals surface area (Å²) in [6.07, 6.45) is 2.49. The average molecular weight is 268 g/mol. The minimum Gasteiger partial charge on any atom is -0.360 e. The molecule has 8 heteroatoms. The van der Waals surface area contributed by atoms with Crippen molar-refractivity contribution in [2.24, 2.45) is 0 Å². The van der Waals surface area contributed by atoms with Crippen molar-refractivity contribution in [1.82, 2.24) is 10.1 Å². The standard InChI is InChI=1S/C10H12N4O3S/c1-7-5-10(13-17-7)12-9-4-3-8(6-11-9)14-18(2,15)16/h3-6,14H,1-2H3,(H,11,12,13). The van der Waals surface area contributed by atoms with Gasteiger partial charge in [0.1, 0.15) is 11.6 Å². The number of rotatable bonds is 4. The topological polar surface area (TPSA) is 97.1 Å². The second kappa shape index (κ2) is 4.65. The highest BCUT2D eigenvalue weighted by Gasteiger charge is 2.04. The van der Waals surface area contributed by atoms with E-state index >= 15 is 0 Å². The lowest BCUT2D eigenvalue weighted by molar-refractivity contribution is 0.400. The minimum absolute atomic E-state index is 0.402. The molecule has 0 fully saturated rings. The smallest absolute Gasteiger partial charge is 0.229 e. The number of sulfonamides is 1. The van der Waals surface area contributed by atoms with Gasteiger partial charge in [-0.05, 0) is 19.1 Å². The molecule has 2 aromatic heterocycles. The van der Waals surface area contributed by atoms with Crippen molar-refractivity contribution in [2.75, 3.05) is 16.3 Å². The van der Waals surface area contributed by atoms with Crippen LogP contribution in [-0.2, 0) is 10.0 Å². The average Bonchev–Trinajstić information content (AvgIpc) is 2.65. The lowest BCUT2D eigenvalue weighted by Gasteiger charge is -2.04. The van der Waals surface area contributed by atoms with Crippen LogP contribution in [0.15, 0.2) is 28.9 Å². The van der Waals surface area contributed by atoms with Gasteiger partial charge in [-0.1, -0.05) is 5.16 Å². The summed E-state index contributed by atoms with van der Waals surface area (Å²) >= 11 is 0. The Hall–Kier alpha value is -2.09. The maximum absolute atomic E-state index is 11.0. The fourth-order valence-corrected chi connectivity index (χ4v) is 1.85. The molecule has 7 nitrogen and oxygen atoms in total. The largest absolute Gasteiger partial charge is 0.360 e. The summed E-state index contributed by atoms with van der Waals surface area (Å²) in [7, 11) is -3.28. The first-order valence-corrected chi connectivity index (χ1v) is 6.96. The van der Waals surface area contributed by atoms with Gasteiger partial charge in [-0.25, -0.2) is 13.4 Å². The Bertz CT molecular complexity index is 633. The van der Waals surface area contributed by atoms with Gasteiger partial charge in [0.15, 0.2) is 5.82 Å². The van der Waals surface area contributed by atoms with Gasteiger partial charge in [-0.15, -0.1) is 0 Å². The first-order valence-electron chi connectivity index (χ1n) is 5.06. The number of nitrogens with one attached hydrogen (secondary N) is 2. The van der Waals surface area contributed by atoms with E-state index in [0.29, 0.717) is 23.1 Å². The highest BCUT2D eigenvalue weighted by Crippen LogP contribution is 2.16. The molecule has 0 aromatic carbocycles. The summed E-state index contributed by atoms with van der Waals surface area (Å²) in [6, 6.07) is 4.96. The number of aromatic nitrogens is 2. The lowest BCUT2D eigenvalue weighted by Crippen LogP contribution is -2.09. The molecule has 0 aliphatic heterocycles. The molecule has 0 saturated heterocycles. The van der Waals surface area contributed by atoms with E-state index in [4.69, 9.17) is 4.52 Å². The Balaban J connectivity index is 2.08. The Morgan fingerprint density at radius 1 is 1.28 bits per heavy atom. The monoisotopic (exact) mass is 268 g/mol. The van der Waals surface area contributed by atoms with Crippen molar-refractivity contribution in [3.05, 3.63) is 30.2 Å². The third kappa shape index (κ3) is 3.45. The highest BCUT2D eigenvalue weighted by molar-refractivity contribution is 7.92. The summed E-state index contributed by atoms with van der Waals surface area (Å²) in [4.78, 5) is 4.05. The van der Waals surface area contributed by atoms with Crippen LogP contribution in [0, 0.1) is 6.92 Å². The highest BCUT2D eigenvalue weighted by atomic mass is 32.2. The Morgan fingerprint density at radius 3 is 2.56 bits per heavy atom. The van der Waals surface area contributed by atoms with Gasteiger partial charge in [0.05, 0.1) is 18.1 Å². The summed E-state index contributed by atoms with van der Waals surface area (Å²) in [5.74, 6) is 1.78. The second-order valence-corrected chi connectivity index (χ2v) is 5.50. The maximum atomic E-state index is 11.0. The molecule has 2 heterocycles. The van der Waals surface area contributed by atoms with E-state index in [9.17, 15) is 8.42 Å². The Morgan fingerprint density at radius 2 is 2.06 bits per heavy atom. The zero-order chi connectivity index (χ0) is 13.2. The van der Waals surface area contributed by atoms with Gasteiger partial charge < -0.3 is 9.84 Å². The van der Waals surface area contributed by atoms with Gasteiger partial charge in [-0.2, -0.15) is 0 Å². The number of nitrogens with zero attached hydrogens (tertiary/aromatic N) is 2. The quantitative estimate of drug-likeness (QED) is 0.872. The molecule has 0 radical (unpaired) electrons. The summed E-state index contributed by atoms with van der Waals surface area (Å²) in [5, 5.41) is 6.68. The number of pyridine rings is 1. The molecule has 0 unspecified atom stereocenters. The first kappa shape index (κ1) is 12.4. The van der Waals surface area contributed by atoms with E-state index in [1.165, 1.54) is 6.20 Å². The van der Waals surface area contributed by atoms with Gasteiger partial charge in [0.25, 0.3) is 0 Å². The van der Waals surface area contributed by atoms with Crippen molar-refractivity contribution >= 4 is 27.3 Å². The van der Waals surface area contributed by atoms with Crippen LogP contribution in [0.5, 0.6) is 0 Å². The van der Waals surface area contributed by atoms with Crippen molar-refractivity contribution in [3.8, 4) is 0 Å². The normalized spacial score (nSPS) is 11.2. The van der Waals surface area contributed by atoms with Crippen LogP contribution in [0.2, 0.25) is 0 Å². The predicted octanol–water partition coefficient (Wildman–Crippen LogP) is 1.49. The first-order chi connectivity index (χ1) is 8.42.